The highest BCUT2D eigenvalue weighted by molar-refractivity contribution is 6.30. The summed E-state index contributed by atoms with van der Waals surface area (Å²) in [5.74, 6) is 1.25. The molecule has 0 spiro atoms. The Bertz CT molecular complexity index is 537. The number of hydrogen-bond acceptors (Lipinski definition) is 4. The summed E-state index contributed by atoms with van der Waals surface area (Å²) < 4.78 is 5.27. The van der Waals surface area contributed by atoms with Gasteiger partial charge in [0.2, 0.25) is 5.89 Å². The Morgan fingerprint density at radius 2 is 2.17 bits per heavy atom. The highest BCUT2D eigenvalue weighted by Gasteiger charge is 2.25. The average molecular weight is 266 g/mol. The smallest absolute Gasteiger partial charge is 0.246 e. The van der Waals surface area contributed by atoms with E-state index in [-0.39, 0.29) is 5.54 Å². The van der Waals surface area contributed by atoms with E-state index >= 15 is 0 Å². The van der Waals surface area contributed by atoms with Gasteiger partial charge in [-0.15, -0.1) is 0 Å². The average Bonchev–Trinajstić information content (AvgIpc) is 2.78. The molecule has 2 rings (SSSR count). The first-order valence-corrected chi connectivity index (χ1v) is 6.15. The van der Waals surface area contributed by atoms with Gasteiger partial charge in [0, 0.05) is 11.4 Å². The second kappa shape index (κ2) is 5.08. The number of hydrogen-bond donors (Lipinski definition) is 1. The molecule has 0 saturated carbocycles. The van der Waals surface area contributed by atoms with Gasteiger partial charge in [-0.25, -0.2) is 0 Å². The molecular weight excluding hydrogens is 250 g/mol. The van der Waals surface area contributed by atoms with Gasteiger partial charge in [0.15, 0.2) is 5.82 Å². The Balaban J connectivity index is 2.16. The lowest BCUT2D eigenvalue weighted by atomic mass is 10.1. The van der Waals surface area contributed by atoms with Gasteiger partial charge in [-0.2, -0.15) is 4.98 Å². The van der Waals surface area contributed by atoms with Crippen LogP contribution in [0.5, 0.6) is 0 Å². The molecule has 0 atom stereocenters. The monoisotopic (exact) mass is 265 g/mol. The third-order valence-corrected chi connectivity index (χ3v) is 3.11. The second-order valence-corrected chi connectivity index (χ2v) is 5.13. The standard InChI is InChI=1S/C13H16ClN3O/c1-13(2,15-3)12-16-11(17-18-12)8-9-5-4-6-10(14)7-9/h4-7,15H,8H2,1-3H3. The van der Waals surface area contributed by atoms with E-state index in [1.165, 1.54) is 0 Å². The fraction of sp³-hybridized carbons (Fsp3) is 0.385. The van der Waals surface area contributed by atoms with Crippen LogP contribution < -0.4 is 5.32 Å². The number of nitrogens with one attached hydrogen (secondary N) is 1. The third kappa shape index (κ3) is 2.89. The first kappa shape index (κ1) is 13.1. The van der Waals surface area contributed by atoms with Crippen molar-refractivity contribution >= 4 is 11.6 Å². The maximum absolute atomic E-state index is 5.94. The lowest BCUT2D eigenvalue weighted by Gasteiger charge is -2.17. The summed E-state index contributed by atoms with van der Waals surface area (Å²) in [5.41, 5.74) is 0.747. The first-order chi connectivity index (χ1) is 8.51. The molecule has 0 bridgehead atoms. The van der Waals surface area contributed by atoms with E-state index in [0.29, 0.717) is 23.2 Å². The molecule has 0 aliphatic carbocycles. The van der Waals surface area contributed by atoms with Crippen molar-refractivity contribution in [2.75, 3.05) is 7.05 Å². The summed E-state index contributed by atoms with van der Waals surface area (Å²) in [7, 11) is 1.86. The zero-order valence-corrected chi connectivity index (χ0v) is 11.5. The normalized spacial score (nSPS) is 11.8. The summed E-state index contributed by atoms with van der Waals surface area (Å²) in [6, 6.07) is 7.65. The topological polar surface area (TPSA) is 51.0 Å². The molecule has 0 amide bonds. The van der Waals surface area contributed by atoms with Gasteiger partial charge < -0.3 is 9.84 Å². The predicted octanol–water partition coefficient (Wildman–Crippen LogP) is 2.77. The largest absolute Gasteiger partial charge is 0.337 e. The van der Waals surface area contributed by atoms with Crippen LogP contribution in [-0.4, -0.2) is 17.2 Å². The molecule has 0 radical (unpaired) electrons. The van der Waals surface area contributed by atoms with Crippen molar-refractivity contribution in [3.63, 3.8) is 0 Å². The number of aromatic nitrogens is 2. The highest BCUT2D eigenvalue weighted by Crippen LogP contribution is 2.18. The SMILES string of the molecule is CNC(C)(C)c1nc(Cc2cccc(Cl)c2)no1. The Kier molecular flexibility index (Phi) is 3.68. The lowest BCUT2D eigenvalue weighted by Crippen LogP contribution is -2.33. The molecule has 1 heterocycles. The van der Waals surface area contributed by atoms with Gasteiger partial charge in [-0.1, -0.05) is 28.9 Å². The summed E-state index contributed by atoms with van der Waals surface area (Å²) in [6.07, 6.45) is 0.615. The van der Waals surface area contributed by atoms with E-state index in [1.54, 1.807) is 0 Å². The van der Waals surface area contributed by atoms with Crippen LogP contribution in [0.15, 0.2) is 28.8 Å². The van der Waals surface area contributed by atoms with Gasteiger partial charge in [0.05, 0.1) is 5.54 Å². The summed E-state index contributed by atoms with van der Waals surface area (Å²) in [5, 5.41) is 7.83. The molecule has 0 aliphatic heterocycles. The zero-order valence-electron chi connectivity index (χ0n) is 10.7. The van der Waals surface area contributed by atoms with Gasteiger partial charge in [0.1, 0.15) is 0 Å². The molecule has 18 heavy (non-hydrogen) atoms. The molecule has 5 heteroatoms. The van der Waals surface area contributed by atoms with E-state index in [0.717, 1.165) is 5.56 Å². The fourth-order valence-electron chi connectivity index (χ4n) is 1.52. The molecule has 2 aromatic rings. The van der Waals surface area contributed by atoms with Crippen molar-refractivity contribution in [1.29, 1.82) is 0 Å². The van der Waals surface area contributed by atoms with Crippen LogP contribution in [0.1, 0.15) is 31.1 Å². The van der Waals surface area contributed by atoms with Crippen LogP contribution >= 0.6 is 11.6 Å². The molecule has 0 unspecified atom stereocenters. The van der Waals surface area contributed by atoms with Crippen molar-refractivity contribution in [3.05, 3.63) is 46.6 Å². The molecule has 1 aromatic heterocycles. The number of rotatable bonds is 4. The minimum absolute atomic E-state index is 0.320. The van der Waals surface area contributed by atoms with Crippen molar-refractivity contribution in [2.24, 2.45) is 0 Å². The van der Waals surface area contributed by atoms with Crippen LogP contribution in [-0.2, 0) is 12.0 Å². The van der Waals surface area contributed by atoms with Crippen molar-refractivity contribution in [3.8, 4) is 0 Å². The number of nitrogens with zero attached hydrogens (tertiary/aromatic N) is 2. The zero-order chi connectivity index (χ0) is 13.2. The maximum atomic E-state index is 5.94. The molecular formula is C13H16ClN3O. The molecule has 0 fully saturated rings. The van der Waals surface area contributed by atoms with Gasteiger partial charge in [-0.3, -0.25) is 0 Å². The van der Waals surface area contributed by atoms with E-state index in [1.807, 2.05) is 45.2 Å². The molecule has 4 nitrogen and oxygen atoms in total. The fourth-order valence-corrected chi connectivity index (χ4v) is 1.73. The van der Waals surface area contributed by atoms with Crippen molar-refractivity contribution in [2.45, 2.75) is 25.8 Å². The number of halogens is 1. The van der Waals surface area contributed by atoms with E-state index in [9.17, 15) is 0 Å². The van der Waals surface area contributed by atoms with Crippen molar-refractivity contribution in [1.82, 2.24) is 15.5 Å². The Hall–Kier alpha value is -1.39. The van der Waals surface area contributed by atoms with E-state index in [2.05, 4.69) is 15.5 Å². The van der Waals surface area contributed by atoms with Crippen LogP contribution in [0.4, 0.5) is 0 Å². The van der Waals surface area contributed by atoms with Crippen LogP contribution in [0.3, 0.4) is 0 Å². The minimum atomic E-state index is -0.320. The van der Waals surface area contributed by atoms with Gasteiger partial charge in [-0.05, 0) is 38.6 Å². The number of benzene rings is 1. The molecule has 1 N–H and O–H groups in total. The second-order valence-electron chi connectivity index (χ2n) is 4.70. The van der Waals surface area contributed by atoms with Gasteiger partial charge in [0.25, 0.3) is 0 Å². The quantitative estimate of drug-likeness (QED) is 0.924. The molecule has 96 valence electrons. The summed E-state index contributed by atoms with van der Waals surface area (Å²) in [4.78, 5) is 4.39. The molecule has 0 saturated heterocycles. The summed E-state index contributed by atoms with van der Waals surface area (Å²) in [6.45, 7) is 3.98. The predicted molar refractivity (Wildman–Crippen MR) is 70.6 cm³/mol. The lowest BCUT2D eigenvalue weighted by molar-refractivity contribution is 0.279. The highest BCUT2D eigenvalue weighted by atomic mass is 35.5. The maximum Gasteiger partial charge on any atom is 0.246 e. The van der Waals surface area contributed by atoms with Crippen molar-refractivity contribution < 1.29 is 4.52 Å². The first-order valence-electron chi connectivity index (χ1n) is 5.77. The van der Waals surface area contributed by atoms with Crippen LogP contribution in [0, 0.1) is 0 Å². The van der Waals surface area contributed by atoms with Gasteiger partial charge >= 0.3 is 0 Å². The van der Waals surface area contributed by atoms with Crippen LogP contribution in [0.2, 0.25) is 5.02 Å². The molecule has 1 aromatic carbocycles. The Labute approximate surface area is 111 Å². The minimum Gasteiger partial charge on any atom is -0.337 e. The van der Waals surface area contributed by atoms with Crippen LogP contribution in [0.25, 0.3) is 0 Å². The molecule has 0 aliphatic rings. The third-order valence-electron chi connectivity index (χ3n) is 2.88. The van der Waals surface area contributed by atoms with E-state index in [4.69, 9.17) is 16.1 Å². The Morgan fingerprint density at radius 3 is 2.83 bits per heavy atom. The van der Waals surface area contributed by atoms with E-state index < -0.39 is 0 Å². The summed E-state index contributed by atoms with van der Waals surface area (Å²) >= 11 is 5.94. The Morgan fingerprint density at radius 1 is 1.39 bits per heavy atom.